The molecule has 0 N–H and O–H groups in total. The number of fused-ring (bicyclic) bond motifs is 1. The van der Waals surface area contributed by atoms with Crippen molar-refractivity contribution in [1.29, 1.82) is 0 Å². The van der Waals surface area contributed by atoms with Crippen LogP contribution in [0.2, 0.25) is 0 Å². The average Bonchev–Trinajstić information content (AvgIpc) is 2.77. The second-order valence-electron chi connectivity index (χ2n) is 4.33. The van der Waals surface area contributed by atoms with Gasteiger partial charge in [0, 0.05) is 0 Å². The molecule has 0 amide bonds. The molecule has 0 atom stereocenters. The van der Waals surface area contributed by atoms with E-state index in [0.29, 0.717) is 16.2 Å². The Bertz CT molecular complexity index is 836. The molecule has 0 spiro atoms. The summed E-state index contributed by atoms with van der Waals surface area (Å²) in [6.07, 6.45) is 0. The van der Waals surface area contributed by atoms with Crippen molar-refractivity contribution in [2.75, 3.05) is 0 Å². The van der Waals surface area contributed by atoms with Crippen LogP contribution in [0.25, 0.3) is 9.65 Å². The Morgan fingerprint density at radius 3 is 2.55 bits per heavy atom. The van der Waals surface area contributed by atoms with E-state index < -0.39 is 4.92 Å². The van der Waals surface area contributed by atoms with Gasteiger partial charge >= 0.3 is 120 Å². The molecule has 0 saturated heterocycles. The molecule has 3 rings (SSSR count). The molecular weight excluding hydrogens is 323 g/mol. The summed E-state index contributed by atoms with van der Waals surface area (Å²) in [7, 11) is 0. The molecule has 0 aliphatic heterocycles. The topological polar surface area (TPSA) is 65.1 Å². The first-order chi connectivity index (χ1) is 9.66. The summed E-state index contributed by atoms with van der Waals surface area (Å²) in [4.78, 5) is 22.9. The van der Waals surface area contributed by atoms with Crippen molar-refractivity contribution >= 4 is 30.1 Å². The van der Waals surface area contributed by atoms with Crippen LogP contribution >= 0.6 is 0 Å². The van der Waals surface area contributed by atoms with Crippen LogP contribution in [-0.4, -0.2) is 23.2 Å². The Hall–Kier alpha value is -2.17. The van der Waals surface area contributed by atoms with Crippen LogP contribution in [0.15, 0.2) is 53.3 Å². The summed E-state index contributed by atoms with van der Waals surface area (Å²) >= 11 is -0.341. The van der Waals surface area contributed by atoms with E-state index in [9.17, 15) is 14.9 Å². The fraction of sp³-hybridized carbons (Fsp3) is 0.0714. The molecular formula is C14H10N2O3Se. The van der Waals surface area contributed by atoms with Gasteiger partial charge in [0.2, 0.25) is 0 Å². The predicted molar refractivity (Wildman–Crippen MR) is 77.3 cm³/mol. The molecule has 3 aromatic rings. The summed E-state index contributed by atoms with van der Waals surface area (Å²) in [5, 5.41) is 11.5. The van der Waals surface area contributed by atoms with Gasteiger partial charge in [0.1, 0.15) is 0 Å². The molecule has 100 valence electrons. The molecule has 0 bridgehead atoms. The van der Waals surface area contributed by atoms with E-state index in [-0.39, 0.29) is 26.0 Å². The summed E-state index contributed by atoms with van der Waals surface area (Å²) < 4.78 is 2.27. The van der Waals surface area contributed by atoms with Gasteiger partial charge in [-0.05, 0) is 0 Å². The van der Waals surface area contributed by atoms with E-state index in [1.807, 2.05) is 30.3 Å². The van der Waals surface area contributed by atoms with Gasteiger partial charge in [-0.1, -0.05) is 0 Å². The summed E-state index contributed by atoms with van der Waals surface area (Å²) in [5.74, 6) is 0. The number of aromatic nitrogens is 1. The summed E-state index contributed by atoms with van der Waals surface area (Å²) in [5.41, 5.74) is 0.956. The zero-order chi connectivity index (χ0) is 14.1. The van der Waals surface area contributed by atoms with Gasteiger partial charge in [-0.3, -0.25) is 0 Å². The first kappa shape index (κ1) is 12.8. The van der Waals surface area contributed by atoms with E-state index in [1.165, 1.54) is 6.07 Å². The van der Waals surface area contributed by atoms with Gasteiger partial charge in [-0.25, -0.2) is 0 Å². The van der Waals surface area contributed by atoms with E-state index in [0.717, 1.165) is 5.56 Å². The Kier molecular flexibility index (Phi) is 3.26. The van der Waals surface area contributed by atoms with Gasteiger partial charge in [-0.2, -0.15) is 0 Å². The van der Waals surface area contributed by atoms with Crippen molar-refractivity contribution in [2.24, 2.45) is 0 Å². The van der Waals surface area contributed by atoms with Crippen LogP contribution in [0.1, 0.15) is 5.56 Å². The van der Waals surface area contributed by atoms with Gasteiger partial charge < -0.3 is 0 Å². The SMILES string of the molecule is O=c1c2cccc([N+](=O)[O-])c2[se]n1Cc1ccccc1. The maximum absolute atomic E-state index is 12.3. The van der Waals surface area contributed by atoms with Crippen molar-refractivity contribution in [3.05, 3.63) is 74.6 Å². The van der Waals surface area contributed by atoms with E-state index >= 15 is 0 Å². The molecule has 0 unspecified atom stereocenters. The van der Waals surface area contributed by atoms with Crippen molar-refractivity contribution < 1.29 is 4.92 Å². The number of nitro groups is 1. The molecule has 0 aliphatic carbocycles. The van der Waals surface area contributed by atoms with E-state index in [2.05, 4.69) is 0 Å². The normalized spacial score (nSPS) is 10.8. The monoisotopic (exact) mass is 334 g/mol. The molecule has 0 fully saturated rings. The minimum atomic E-state index is -0.417. The van der Waals surface area contributed by atoms with Crippen LogP contribution in [0.4, 0.5) is 5.69 Å². The molecule has 5 nitrogen and oxygen atoms in total. The van der Waals surface area contributed by atoms with E-state index in [4.69, 9.17) is 0 Å². The molecule has 0 saturated carbocycles. The third kappa shape index (κ3) is 2.19. The second kappa shape index (κ2) is 5.07. The number of nitro benzene ring substituents is 1. The third-order valence-electron chi connectivity index (χ3n) is 3.02. The van der Waals surface area contributed by atoms with Crippen molar-refractivity contribution in [3.63, 3.8) is 0 Å². The number of benzene rings is 2. The zero-order valence-electron chi connectivity index (χ0n) is 10.4. The van der Waals surface area contributed by atoms with Crippen LogP contribution in [-0.2, 0) is 6.54 Å². The number of rotatable bonds is 3. The Morgan fingerprint density at radius 2 is 1.85 bits per heavy atom. The third-order valence-corrected chi connectivity index (χ3v) is 5.38. The van der Waals surface area contributed by atoms with Crippen LogP contribution < -0.4 is 5.56 Å². The first-order valence-electron chi connectivity index (χ1n) is 5.98. The standard InChI is InChI=1S/C14H10N2O3Se/c17-14-11-7-4-8-12(16(18)19)13(11)20-15(14)9-10-5-2-1-3-6-10/h1-8H,9H2. The summed E-state index contributed by atoms with van der Waals surface area (Å²) in [6.45, 7) is 0.492. The van der Waals surface area contributed by atoms with E-state index in [1.54, 1.807) is 15.7 Å². The quantitative estimate of drug-likeness (QED) is 0.418. The van der Waals surface area contributed by atoms with Gasteiger partial charge in [0.05, 0.1) is 0 Å². The Labute approximate surface area is 120 Å². The van der Waals surface area contributed by atoms with Crippen molar-refractivity contribution in [2.45, 2.75) is 6.54 Å². The fourth-order valence-electron chi connectivity index (χ4n) is 2.07. The first-order valence-corrected chi connectivity index (χ1v) is 7.60. The maximum atomic E-state index is 12.3. The van der Waals surface area contributed by atoms with Crippen molar-refractivity contribution in [3.8, 4) is 0 Å². The summed E-state index contributed by atoms with van der Waals surface area (Å²) in [6, 6.07) is 14.3. The molecule has 2 aromatic carbocycles. The van der Waals surface area contributed by atoms with Crippen LogP contribution in [0.3, 0.4) is 0 Å². The number of hydrogen-bond acceptors (Lipinski definition) is 3. The van der Waals surface area contributed by atoms with Crippen molar-refractivity contribution in [1.82, 2.24) is 3.56 Å². The Morgan fingerprint density at radius 1 is 1.10 bits per heavy atom. The molecule has 20 heavy (non-hydrogen) atoms. The molecule has 6 heteroatoms. The second-order valence-corrected chi connectivity index (χ2v) is 6.49. The van der Waals surface area contributed by atoms with Gasteiger partial charge in [0.25, 0.3) is 0 Å². The molecule has 0 radical (unpaired) electrons. The molecule has 0 aliphatic rings. The predicted octanol–water partition coefficient (Wildman–Crippen LogP) is 2.01. The van der Waals surface area contributed by atoms with Gasteiger partial charge in [-0.15, -0.1) is 0 Å². The molecule has 1 heterocycles. The van der Waals surface area contributed by atoms with Crippen LogP contribution in [0, 0.1) is 10.1 Å². The molecule has 1 aromatic heterocycles. The van der Waals surface area contributed by atoms with Gasteiger partial charge in [0.15, 0.2) is 0 Å². The fourth-order valence-corrected chi connectivity index (χ4v) is 4.39. The minimum absolute atomic E-state index is 0.0476. The number of non-ortho nitro benzene ring substituents is 1. The average molecular weight is 333 g/mol. The zero-order valence-corrected chi connectivity index (χ0v) is 12.1. The number of hydrogen-bond donors (Lipinski definition) is 0. The Balaban J connectivity index is 2.14. The van der Waals surface area contributed by atoms with Crippen LogP contribution in [0.5, 0.6) is 0 Å². The number of nitrogens with zero attached hydrogens (tertiary/aromatic N) is 2.